The van der Waals surface area contributed by atoms with Crippen LogP contribution >= 0.6 is 11.3 Å². The third-order valence-corrected chi connectivity index (χ3v) is 14.7. The van der Waals surface area contributed by atoms with Crippen LogP contribution in [0.15, 0.2) is 273 Å². The Morgan fingerprint density at radius 1 is 0.343 bits per heavy atom. The van der Waals surface area contributed by atoms with Crippen molar-refractivity contribution in [2.24, 2.45) is 0 Å². The van der Waals surface area contributed by atoms with Crippen molar-refractivity contribution < 1.29 is 6.85 Å². The van der Waals surface area contributed by atoms with Gasteiger partial charge in [0.05, 0.1) is 12.5 Å². The molecule has 0 bridgehead atoms. The summed E-state index contributed by atoms with van der Waals surface area (Å²) in [6.07, 6.45) is 0. The first kappa shape index (κ1) is 36.3. The molecular weight excluding hydrogens is 865 g/mol. The SMILES string of the molecule is [2H]c1c([2H])c([2H])c(C(c2ccc3c(c2)sc2cccc(N(c4ccc5ccccc5c4)c4ccc5cc(-c6ccccc6)ccc5c4)c23)c2cc(N(c3ccccc3)c3ccccc3)cc3ccccc23)c([2H])c1[2H]. The molecule has 0 saturated heterocycles. The molecule has 0 saturated carbocycles. The second-order valence-electron chi connectivity index (χ2n) is 17.7. The lowest BCUT2D eigenvalue weighted by Crippen LogP contribution is -2.12. The molecule has 13 rings (SSSR count). The van der Waals surface area contributed by atoms with Gasteiger partial charge in [0.25, 0.3) is 0 Å². The lowest BCUT2D eigenvalue weighted by atomic mass is 9.82. The summed E-state index contributed by atoms with van der Waals surface area (Å²) < 4.78 is 47.8. The lowest BCUT2D eigenvalue weighted by molar-refractivity contribution is 0.991. The Hall–Kier alpha value is -8.76. The number of rotatable bonds is 10. The van der Waals surface area contributed by atoms with E-state index in [0.29, 0.717) is 0 Å². The maximum absolute atomic E-state index is 9.53. The summed E-state index contributed by atoms with van der Waals surface area (Å²) in [7, 11) is 0. The van der Waals surface area contributed by atoms with E-state index in [-0.39, 0.29) is 29.7 Å². The average Bonchev–Trinajstić information content (AvgIpc) is 3.89. The highest BCUT2D eigenvalue weighted by Gasteiger charge is 2.25. The molecule has 3 heteroatoms. The van der Waals surface area contributed by atoms with Crippen LogP contribution in [-0.4, -0.2) is 0 Å². The molecule has 0 aliphatic heterocycles. The Morgan fingerprint density at radius 2 is 0.943 bits per heavy atom. The molecule has 0 spiro atoms. The maximum atomic E-state index is 9.53. The molecule has 70 heavy (non-hydrogen) atoms. The topological polar surface area (TPSA) is 6.48 Å². The standard InChI is InChI=1S/C67H46N2S/c1-5-18-46(19-6-1)50-32-33-52-42-58(38-35-51(52)40-50)69(57-37-34-47-20-13-14-23-49(47)41-57)63-30-17-31-64-67(63)61-39-36-54(44-65(61)70-64)66(48-21-7-2-8-22-48)62-45-59(43-53-24-15-16-29-60(53)62)68(55-25-9-3-10-26-55)56-27-11-4-12-28-56/h1-45,66H/i2D,7D,8D,21D,22D. The number of fused-ring (bicyclic) bond motifs is 6. The predicted molar refractivity (Wildman–Crippen MR) is 300 cm³/mol. The zero-order valence-corrected chi connectivity index (χ0v) is 38.8. The Bertz CT molecular complexity index is 4260. The van der Waals surface area contributed by atoms with E-state index in [2.05, 4.69) is 198 Å². The monoisotopic (exact) mass is 915 g/mol. The van der Waals surface area contributed by atoms with Gasteiger partial charge in [-0.05, 0) is 145 Å². The zero-order valence-electron chi connectivity index (χ0n) is 43.0. The van der Waals surface area contributed by atoms with Crippen LogP contribution in [0, 0.1) is 0 Å². The van der Waals surface area contributed by atoms with Gasteiger partial charge >= 0.3 is 0 Å². The van der Waals surface area contributed by atoms with Crippen LogP contribution in [0.25, 0.3) is 63.6 Å². The van der Waals surface area contributed by atoms with E-state index in [1.54, 1.807) is 11.3 Å². The Morgan fingerprint density at radius 3 is 1.69 bits per heavy atom. The van der Waals surface area contributed by atoms with Crippen LogP contribution < -0.4 is 9.80 Å². The van der Waals surface area contributed by atoms with Crippen LogP contribution in [0.5, 0.6) is 0 Å². The van der Waals surface area contributed by atoms with E-state index in [1.807, 2.05) is 54.6 Å². The quantitative estimate of drug-likeness (QED) is 0.126. The maximum Gasteiger partial charge on any atom is 0.0626 e. The van der Waals surface area contributed by atoms with Gasteiger partial charge in [0, 0.05) is 54.5 Å². The minimum Gasteiger partial charge on any atom is -0.310 e. The van der Waals surface area contributed by atoms with Crippen LogP contribution in [0.3, 0.4) is 0 Å². The summed E-state index contributed by atoms with van der Waals surface area (Å²) in [6.45, 7) is 0. The molecule has 1 atom stereocenters. The van der Waals surface area contributed by atoms with E-state index in [9.17, 15) is 2.74 Å². The van der Waals surface area contributed by atoms with Gasteiger partial charge in [-0.3, -0.25) is 0 Å². The molecule has 0 N–H and O–H groups in total. The zero-order chi connectivity index (χ0) is 50.7. The van der Waals surface area contributed by atoms with Gasteiger partial charge < -0.3 is 9.80 Å². The molecule has 0 aliphatic carbocycles. The first-order valence-electron chi connectivity index (χ1n) is 26.1. The highest BCUT2D eigenvalue weighted by atomic mass is 32.1. The van der Waals surface area contributed by atoms with Gasteiger partial charge in [0.15, 0.2) is 0 Å². The molecule has 1 aromatic heterocycles. The third kappa shape index (κ3) is 7.54. The molecule has 1 unspecified atom stereocenters. The van der Waals surface area contributed by atoms with Gasteiger partial charge in [0.2, 0.25) is 0 Å². The summed E-state index contributed by atoms with van der Waals surface area (Å²) in [5, 5.41) is 8.66. The Kier molecular flexibility index (Phi) is 9.19. The number of para-hydroxylation sites is 2. The van der Waals surface area contributed by atoms with Gasteiger partial charge in [-0.25, -0.2) is 0 Å². The highest BCUT2D eigenvalue weighted by Crippen LogP contribution is 2.48. The number of nitrogens with zero attached hydrogens (tertiary/aromatic N) is 2. The van der Waals surface area contributed by atoms with E-state index in [0.717, 1.165) is 92.4 Å². The summed E-state index contributed by atoms with van der Waals surface area (Å²) in [4.78, 5) is 4.59. The van der Waals surface area contributed by atoms with Gasteiger partial charge in [-0.15, -0.1) is 11.3 Å². The van der Waals surface area contributed by atoms with Crippen molar-refractivity contribution in [3.8, 4) is 11.1 Å². The molecule has 330 valence electrons. The molecule has 2 nitrogen and oxygen atoms in total. The first-order valence-corrected chi connectivity index (χ1v) is 24.4. The largest absolute Gasteiger partial charge is 0.310 e. The second kappa shape index (κ2) is 17.7. The molecule has 0 radical (unpaired) electrons. The number of hydrogen-bond donors (Lipinski definition) is 0. The first-order chi connectivity index (χ1) is 36.8. The third-order valence-electron chi connectivity index (χ3n) is 13.5. The summed E-state index contributed by atoms with van der Waals surface area (Å²) in [5.41, 5.74) is 10.1. The van der Waals surface area contributed by atoms with Crippen LogP contribution in [0.2, 0.25) is 0 Å². The van der Waals surface area contributed by atoms with Gasteiger partial charge in [-0.2, -0.15) is 0 Å². The molecule has 13 aromatic rings. The Labute approximate surface area is 419 Å². The van der Waals surface area contributed by atoms with Crippen molar-refractivity contribution in [1.82, 2.24) is 0 Å². The molecular formula is C67H46N2S. The predicted octanol–water partition coefficient (Wildman–Crippen LogP) is 19.3. The molecule has 0 aliphatic rings. The van der Waals surface area contributed by atoms with Crippen LogP contribution in [0.4, 0.5) is 34.1 Å². The second-order valence-corrected chi connectivity index (χ2v) is 18.8. The fraction of sp³-hybridized carbons (Fsp3) is 0.0149. The number of benzene rings is 12. The minimum atomic E-state index is -0.764. The number of anilines is 6. The normalized spacial score (nSPS) is 12.9. The number of hydrogen-bond acceptors (Lipinski definition) is 3. The van der Waals surface area contributed by atoms with E-state index >= 15 is 0 Å². The van der Waals surface area contributed by atoms with Crippen LogP contribution in [0.1, 0.15) is 29.5 Å². The van der Waals surface area contributed by atoms with Gasteiger partial charge in [-0.1, -0.05) is 188 Å². The average molecular weight is 916 g/mol. The molecule has 1 heterocycles. The molecule has 0 fully saturated rings. The van der Waals surface area contributed by atoms with Gasteiger partial charge in [0.1, 0.15) is 0 Å². The highest BCUT2D eigenvalue weighted by molar-refractivity contribution is 7.26. The van der Waals surface area contributed by atoms with Crippen molar-refractivity contribution in [1.29, 1.82) is 0 Å². The summed E-state index contributed by atoms with van der Waals surface area (Å²) in [6, 6.07) is 83.4. The fourth-order valence-electron chi connectivity index (χ4n) is 10.3. The van der Waals surface area contributed by atoms with Crippen molar-refractivity contribution in [2.75, 3.05) is 9.80 Å². The summed E-state index contributed by atoms with van der Waals surface area (Å²) in [5.74, 6) is -0.764. The van der Waals surface area contributed by atoms with E-state index in [4.69, 9.17) is 4.11 Å². The fourth-order valence-corrected chi connectivity index (χ4v) is 11.5. The van der Waals surface area contributed by atoms with Crippen molar-refractivity contribution >= 4 is 98.0 Å². The van der Waals surface area contributed by atoms with Crippen molar-refractivity contribution in [2.45, 2.75) is 5.92 Å². The smallest absolute Gasteiger partial charge is 0.0626 e. The van der Waals surface area contributed by atoms with Crippen LogP contribution in [-0.2, 0) is 0 Å². The molecule has 0 amide bonds. The minimum absolute atomic E-state index is 0.222. The number of thiophene rings is 1. The van der Waals surface area contributed by atoms with E-state index < -0.39 is 12.0 Å². The molecule has 12 aromatic carbocycles. The lowest BCUT2D eigenvalue weighted by Gasteiger charge is -2.28. The Balaban J connectivity index is 1.02. The van der Waals surface area contributed by atoms with Crippen molar-refractivity contribution in [3.05, 3.63) is 290 Å². The van der Waals surface area contributed by atoms with Crippen molar-refractivity contribution in [3.63, 3.8) is 0 Å². The summed E-state index contributed by atoms with van der Waals surface area (Å²) >= 11 is 1.70. The van der Waals surface area contributed by atoms with E-state index in [1.165, 1.54) is 16.5 Å².